The first-order valence-electron chi connectivity index (χ1n) is 7.80. The molecule has 0 amide bonds. The van der Waals surface area contributed by atoms with Crippen LogP contribution in [0.5, 0.6) is 0 Å². The predicted molar refractivity (Wildman–Crippen MR) is 109 cm³/mol. The molecular weight excluding hydrogens is 310 g/mol. The summed E-state index contributed by atoms with van der Waals surface area (Å²) in [6.07, 6.45) is 0. The van der Waals surface area contributed by atoms with Gasteiger partial charge in [0.25, 0.3) is 0 Å². The van der Waals surface area contributed by atoms with Crippen LogP contribution in [0.4, 0.5) is 11.4 Å². The summed E-state index contributed by atoms with van der Waals surface area (Å²) in [6, 6.07) is 33.8. The van der Waals surface area contributed by atoms with Crippen molar-refractivity contribution in [3.8, 4) is 11.1 Å². The standard InChI is InChI=1S/C22H17N.H2S/c1-2-7-17(8-3-1)18-13-15-20(16-14-18)23-22-12-6-10-19-9-4-5-11-21(19)22;/h1-16,23H;1H2. The molecule has 2 heteroatoms. The molecule has 0 aliphatic heterocycles. The van der Waals surface area contributed by atoms with E-state index in [4.69, 9.17) is 0 Å². The molecule has 24 heavy (non-hydrogen) atoms. The maximum atomic E-state index is 3.53. The lowest BCUT2D eigenvalue weighted by atomic mass is 10.1. The Morgan fingerprint density at radius 1 is 0.500 bits per heavy atom. The number of fused-ring (bicyclic) bond motifs is 1. The topological polar surface area (TPSA) is 12.0 Å². The van der Waals surface area contributed by atoms with Crippen molar-refractivity contribution in [3.63, 3.8) is 0 Å². The number of hydrogen-bond donors (Lipinski definition) is 1. The highest BCUT2D eigenvalue weighted by molar-refractivity contribution is 7.59. The number of nitrogens with one attached hydrogen (secondary N) is 1. The zero-order valence-electron chi connectivity index (χ0n) is 13.2. The van der Waals surface area contributed by atoms with Crippen molar-refractivity contribution >= 4 is 35.6 Å². The second-order valence-corrected chi connectivity index (χ2v) is 5.60. The third-order valence-electron chi connectivity index (χ3n) is 4.06. The van der Waals surface area contributed by atoms with Gasteiger partial charge in [-0.1, -0.05) is 78.9 Å². The summed E-state index contributed by atoms with van der Waals surface area (Å²) in [7, 11) is 0. The first kappa shape index (κ1) is 16.2. The van der Waals surface area contributed by atoms with E-state index in [2.05, 4.69) is 96.3 Å². The molecule has 1 N–H and O–H groups in total. The Kier molecular flexibility index (Phi) is 4.88. The SMILES string of the molecule is S.c1ccc(-c2ccc(Nc3cccc4ccccc34)cc2)cc1. The van der Waals surface area contributed by atoms with Crippen molar-refractivity contribution in [1.82, 2.24) is 0 Å². The molecule has 1 nitrogen and oxygen atoms in total. The molecule has 0 aliphatic carbocycles. The maximum absolute atomic E-state index is 3.53. The zero-order valence-corrected chi connectivity index (χ0v) is 14.2. The van der Waals surface area contributed by atoms with Crippen molar-refractivity contribution < 1.29 is 0 Å². The van der Waals surface area contributed by atoms with Gasteiger partial charge in [-0.15, -0.1) is 0 Å². The van der Waals surface area contributed by atoms with Crippen LogP contribution < -0.4 is 5.32 Å². The van der Waals surface area contributed by atoms with Crippen LogP contribution in [0, 0.1) is 0 Å². The Balaban J connectivity index is 0.00000169. The lowest BCUT2D eigenvalue weighted by Crippen LogP contribution is -1.91. The lowest BCUT2D eigenvalue weighted by molar-refractivity contribution is 1.56. The molecule has 0 bridgehead atoms. The Morgan fingerprint density at radius 3 is 1.92 bits per heavy atom. The van der Waals surface area contributed by atoms with Gasteiger partial charge in [0.1, 0.15) is 0 Å². The van der Waals surface area contributed by atoms with Gasteiger partial charge < -0.3 is 5.32 Å². The molecule has 0 radical (unpaired) electrons. The van der Waals surface area contributed by atoms with Crippen molar-refractivity contribution in [2.75, 3.05) is 5.32 Å². The molecule has 0 atom stereocenters. The molecule has 4 rings (SSSR count). The van der Waals surface area contributed by atoms with Gasteiger partial charge in [0.2, 0.25) is 0 Å². The first-order valence-corrected chi connectivity index (χ1v) is 7.80. The third kappa shape index (κ3) is 3.29. The monoisotopic (exact) mass is 329 g/mol. The van der Waals surface area contributed by atoms with Gasteiger partial charge in [-0.2, -0.15) is 13.5 Å². The van der Waals surface area contributed by atoms with Gasteiger partial charge in [-0.25, -0.2) is 0 Å². The highest BCUT2D eigenvalue weighted by Crippen LogP contribution is 2.27. The van der Waals surface area contributed by atoms with Gasteiger partial charge in [0, 0.05) is 16.8 Å². The van der Waals surface area contributed by atoms with Crippen LogP contribution in [0.1, 0.15) is 0 Å². The van der Waals surface area contributed by atoms with E-state index >= 15 is 0 Å². The van der Waals surface area contributed by atoms with Crippen molar-refractivity contribution in [1.29, 1.82) is 0 Å². The molecule has 0 unspecified atom stereocenters. The van der Waals surface area contributed by atoms with Crippen LogP contribution in [-0.2, 0) is 0 Å². The second-order valence-electron chi connectivity index (χ2n) is 5.60. The van der Waals surface area contributed by atoms with Gasteiger partial charge in [-0.3, -0.25) is 0 Å². The smallest absolute Gasteiger partial charge is 0.0463 e. The van der Waals surface area contributed by atoms with Gasteiger partial charge in [0.15, 0.2) is 0 Å². The minimum atomic E-state index is 0. The minimum Gasteiger partial charge on any atom is -0.355 e. The molecule has 4 aromatic carbocycles. The van der Waals surface area contributed by atoms with Crippen molar-refractivity contribution in [2.24, 2.45) is 0 Å². The van der Waals surface area contributed by atoms with E-state index in [1.165, 1.54) is 21.9 Å². The molecular formula is C22H19NS. The third-order valence-corrected chi connectivity index (χ3v) is 4.06. The fraction of sp³-hybridized carbons (Fsp3) is 0. The van der Waals surface area contributed by atoms with Crippen LogP contribution in [0.3, 0.4) is 0 Å². The van der Waals surface area contributed by atoms with Gasteiger partial charge in [0.05, 0.1) is 0 Å². The lowest BCUT2D eigenvalue weighted by Gasteiger charge is -2.10. The molecule has 0 spiro atoms. The highest BCUT2D eigenvalue weighted by Gasteiger charge is 2.01. The molecule has 0 saturated heterocycles. The molecule has 0 fully saturated rings. The predicted octanol–water partition coefficient (Wildman–Crippen LogP) is 6.36. The Labute approximate surface area is 149 Å². The minimum absolute atomic E-state index is 0. The number of anilines is 2. The van der Waals surface area contributed by atoms with Crippen LogP contribution in [0.15, 0.2) is 97.1 Å². The Bertz CT molecular complexity index is 925. The summed E-state index contributed by atoms with van der Waals surface area (Å²) in [5.41, 5.74) is 4.70. The number of rotatable bonds is 3. The fourth-order valence-corrected chi connectivity index (χ4v) is 2.87. The molecule has 4 aromatic rings. The Hall–Kier alpha value is -2.71. The average Bonchev–Trinajstić information content (AvgIpc) is 2.63. The summed E-state index contributed by atoms with van der Waals surface area (Å²) in [5, 5.41) is 6.01. The Morgan fingerprint density at radius 2 is 1.12 bits per heavy atom. The fourth-order valence-electron chi connectivity index (χ4n) is 2.87. The van der Waals surface area contributed by atoms with E-state index in [0.717, 1.165) is 11.4 Å². The average molecular weight is 329 g/mol. The zero-order chi connectivity index (χ0) is 15.5. The highest BCUT2D eigenvalue weighted by atomic mass is 32.1. The first-order chi connectivity index (χ1) is 11.4. The molecule has 0 heterocycles. The normalized spacial score (nSPS) is 10.2. The number of benzene rings is 4. The summed E-state index contributed by atoms with van der Waals surface area (Å²) in [4.78, 5) is 0. The second kappa shape index (κ2) is 7.24. The molecule has 0 saturated carbocycles. The summed E-state index contributed by atoms with van der Waals surface area (Å²) in [6.45, 7) is 0. The van der Waals surface area contributed by atoms with Gasteiger partial charge >= 0.3 is 0 Å². The summed E-state index contributed by atoms with van der Waals surface area (Å²) >= 11 is 0. The quantitative estimate of drug-likeness (QED) is 0.461. The number of hydrogen-bond acceptors (Lipinski definition) is 1. The van der Waals surface area contributed by atoms with E-state index in [1.807, 2.05) is 6.07 Å². The molecule has 118 valence electrons. The van der Waals surface area contributed by atoms with Crippen LogP contribution in [0.2, 0.25) is 0 Å². The summed E-state index contributed by atoms with van der Waals surface area (Å²) in [5.74, 6) is 0. The van der Waals surface area contributed by atoms with Crippen LogP contribution >= 0.6 is 13.5 Å². The van der Waals surface area contributed by atoms with E-state index in [9.17, 15) is 0 Å². The van der Waals surface area contributed by atoms with E-state index < -0.39 is 0 Å². The van der Waals surface area contributed by atoms with Crippen LogP contribution in [-0.4, -0.2) is 0 Å². The van der Waals surface area contributed by atoms with E-state index in [0.29, 0.717) is 0 Å². The van der Waals surface area contributed by atoms with Crippen molar-refractivity contribution in [2.45, 2.75) is 0 Å². The largest absolute Gasteiger partial charge is 0.355 e. The maximum Gasteiger partial charge on any atom is 0.0463 e. The molecule has 0 aliphatic rings. The van der Waals surface area contributed by atoms with E-state index in [1.54, 1.807) is 0 Å². The summed E-state index contributed by atoms with van der Waals surface area (Å²) < 4.78 is 0. The molecule has 0 aromatic heterocycles. The van der Waals surface area contributed by atoms with Crippen LogP contribution in [0.25, 0.3) is 21.9 Å². The van der Waals surface area contributed by atoms with Gasteiger partial charge in [-0.05, 0) is 34.7 Å². The van der Waals surface area contributed by atoms with E-state index in [-0.39, 0.29) is 13.5 Å². The van der Waals surface area contributed by atoms with Crippen molar-refractivity contribution in [3.05, 3.63) is 97.1 Å².